The minimum absolute atomic E-state index is 0.0671. The van der Waals surface area contributed by atoms with E-state index in [2.05, 4.69) is 40.7 Å². The molecule has 1 aliphatic rings. The molecule has 3 aromatic rings. The summed E-state index contributed by atoms with van der Waals surface area (Å²) >= 11 is 6.30. The van der Waals surface area contributed by atoms with Gasteiger partial charge in [-0.1, -0.05) is 49.7 Å². The lowest BCUT2D eigenvalue weighted by Gasteiger charge is -2.27. The van der Waals surface area contributed by atoms with Crippen molar-refractivity contribution in [2.75, 3.05) is 36.4 Å². The molecule has 4 rings (SSSR count). The summed E-state index contributed by atoms with van der Waals surface area (Å²) in [5.41, 5.74) is 2.82. The third kappa shape index (κ3) is 5.06. The molecular weight excluding hydrogens is 474 g/mol. The molecule has 0 atom stereocenters. The van der Waals surface area contributed by atoms with Crippen molar-refractivity contribution in [3.05, 3.63) is 58.7 Å². The van der Waals surface area contributed by atoms with Crippen molar-refractivity contribution in [3.63, 3.8) is 0 Å². The van der Waals surface area contributed by atoms with Crippen molar-refractivity contribution in [2.24, 2.45) is 0 Å². The van der Waals surface area contributed by atoms with Crippen molar-refractivity contribution >= 4 is 33.1 Å². The predicted octanol–water partition coefficient (Wildman–Crippen LogP) is 4.42. The van der Waals surface area contributed by atoms with Crippen molar-refractivity contribution < 1.29 is 13.2 Å². The molecule has 0 saturated carbocycles. The summed E-state index contributed by atoms with van der Waals surface area (Å²) in [6.07, 6.45) is 1.71. The lowest BCUT2D eigenvalue weighted by atomic mass is 9.87. The van der Waals surface area contributed by atoms with Gasteiger partial charge >= 0.3 is 0 Å². The van der Waals surface area contributed by atoms with E-state index in [4.69, 9.17) is 16.3 Å². The highest BCUT2D eigenvalue weighted by atomic mass is 35.5. The van der Waals surface area contributed by atoms with Crippen LogP contribution in [0.2, 0.25) is 5.02 Å². The van der Waals surface area contributed by atoms with Crippen LogP contribution in [0.3, 0.4) is 0 Å². The number of nitrogens with one attached hydrogen (secondary N) is 1. The van der Waals surface area contributed by atoms with E-state index in [0.29, 0.717) is 29.5 Å². The smallest absolute Gasteiger partial charge is 0.261 e. The molecule has 0 saturated heterocycles. The normalized spacial score (nSPS) is 14.2. The fraction of sp³-hybridized carbons (Fsp3) is 0.417. The zero-order valence-electron chi connectivity index (χ0n) is 19.9. The number of sulfonamides is 1. The Kier molecular flexibility index (Phi) is 6.89. The Bertz CT molecular complexity index is 1270. The van der Waals surface area contributed by atoms with Crippen LogP contribution in [-0.4, -0.2) is 50.2 Å². The molecule has 0 aliphatic carbocycles. The number of rotatable bonds is 7. The van der Waals surface area contributed by atoms with Gasteiger partial charge in [-0.25, -0.2) is 13.1 Å². The Morgan fingerprint density at radius 2 is 1.88 bits per heavy atom. The lowest BCUT2D eigenvalue weighted by Crippen LogP contribution is -2.32. The van der Waals surface area contributed by atoms with E-state index in [1.807, 2.05) is 12.1 Å². The van der Waals surface area contributed by atoms with E-state index >= 15 is 0 Å². The van der Waals surface area contributed by atoms with Gasteiger partial charge in [0.25, 0.3) is 10.0 Å². The molecule has 1 aliphatic heterocycles. The Morgan fingerprint density at radius 1 is 1.15 bits per heavy atom. The molecule has 0 radical (unpaired) electrons. The highest BCUT2D eigenvalue weighted by Crippen LogP contribution is 2.32. The number of hydrogen-bond acceptors (Lipinski definition) is 6. The summed E-state index contributed by atoms with van der Waals surface area (Å²) in [4.78, 5) is 2.32. The number of aromatic nitrogens is 3. The van der Waals surface area contributed by atoms with Gasteiger partial charge in [-0.15, -0.1) is 5.10 Å². The number of benzene rings is 2. The van der Waals surface area contributed by atoms with E-state index in [1.54, 1.807) is 42.1 Å². The van der Waals surface area contributed by atoms with Crippen LogP contribution in [-0.2, 0) is 26.6 Å². The van der Waals surface area contributed by atoms with E-state index in [-0.39, 0.29) is 10.3 Å². The van der Waals surface area contributed by atoms with Gasteiger partial charge in [-0.05, 0) is 54.2 Å². The standard InChI is InChI=1S/C24H30ClN5O3S/c1-24(2,3)17-7-10-19(11-8-17)34(31,32)27-20-12-9-18(25)16-22(20)30-21-6-5-13-29(14-15-33-4)23(21)26-28-30/h7-12,16,27H,5-6,13-15H2,1-4H3. The molecule has 10 heteroatoms. The third-order valence-corrected chi connectivity index (χ3v) is 7.53. The highest BCUT2D eigenvalue weighted by Gasteiger charge is 2.26. The molecule has 34 heavy (non-hydrogen) atoms. The first-order chi connectivity index (χ1) is 16.1. The molecule has 0 bridgehead atoms. The molecule has 0 unspecified atom stereocenters. The zero-order chi connectivity index (χ0) is 24.5. The van der Waals surface area contributed by atoms with Crippen LogP contribution in [0, 0.1) is 0 Å². The molecule has 8 nitrogen and oxygen atoms in total. The largest absolute Gasteiger partial charge is 0.383 e. The number of methoxy groups -OCH3 is 1. The monoisotopic (exact) mass is 503 g/mol. The van der Waals surface area contributed by atoms with Crippen molar-refractivity contribution in [2.45, 2.75) is 43.9 Å². The van der Waals surface area contributed by atoms with Gasteiger partial charge in [0.05, 0.1) is 28.6 Å². The summed E-state index contributed by atoms with van der Waals surface area (Å²) in [7, 11) is -2.16. The average Bonchev–Trinajstić information content (AvgIpc) is 3.23. The maximum absolute atomic E-state index is 13.2. The predicted molar refractivity (Wildman–Crippen MR) is 135 cm³/mol. The van der Waals surface area contributed by atoms with Gasteiger partial charge < -0.3 is 9.64 Å². The molecule has 1 aromatic heterocycles. The molecule has 182 valence electrons. The molecule has 1 N–H and O–H groups in total. The van der Waals surface area contributed by atoms with E-state index in [0.717, 1.165) is 36.5 Å². The van der Waals surface area contributed by atoms with E-state index in [1.165, 1.54) is 0 Å². The number of anilines is 2. The Morgan fingerprint density at radius 3 is 2.56 bits per heavy atom. The number of halogens is 1. The van der Waals surface area contributed by atoms with Crippen molar-refractivity contribution in [3.8, 4) is 5.69 Å². The molecule has 0 fully saturated rings. The summed E-state index contributed by atoms with van der Waals surface area (Å²) in [5.74, 6) is 0.787. The van der Waals surface area contributed by atoms with Crippen LogP contribution in [0.25, 0.3) is 5.69 Å². The minimum atomic E-state index is -3.83. The highest BCUT2D eigenvalue weighted by molar-refractivity contribution is 7.92. The Hall–Kier alpha value is -2.62. The maximum atomic E-state index is 13.2. The van der Waals surface area contributed by atoms with Gasteiger partial charge in [0, 0.05) is 25.2 Å². The SMILES string of the molecule is COCCN1CCCc2c1nnn2-c1cc(Cl)ccc1NS(=O)(=O)c1ccc(C(C)(C)C)cc1. The second kappa shape index (κ2) is 9.56. The third-order valence-electron chi connectivity index (χ3n) is 5.91. The first-order valence-electron chi connectivity index (χ1n) is 11.2. The van der Waals surface area contributed by atoms with Gasteiger partial charge in [-0.2, -0.15) is 0 Å². The Labute approximate surface area is 205 Å². The van der Waals surface area contributed by atoms with Crippen LogP contribution >= 0.6 is 11.6 Å². The van der Waals surface area contributed by atoms with Gasteiger partial charge in [-0.3, -0.25) is 4.72 Å². The van der Waals surface area contributed by atoms with Gasteiger partial charge in [0.1, 0.15) is 0 Å². The van der Waals surface area contributed by atoms with Crippen molar-refractivity contribution in [1.29, 1.82) is 0 Å². The summed E-state index contributed by atoms with van der Waals surface area (Å²) in [6.45, 7) is 8.43. The molecular formula is C24H30ClN5O3S. The van der Waals surface area contributed by atoms with Crippen LogP contribution in [0.4, 0.5) is 11.5 Å². The first kappa shape index (κ1) is 24.5. The van der Waals surface area contributed by atoms with Crippen LogP contribution in [0.1, 0.15) is 38.4 Å². The van der Waals surface area contributed by atoms with E-state index < -0.39 is 10.0 Å². The second-order valence-corrected chi connectivity index (χ2v) is 11.5. The molecule has 0 amide bonds. The minimum Gasteiger partial charge on any atom is -0.383 e. The summed E-state index contributed by atoms with van der Waals surface area (Å²) in [5, 5.41) is 9.22. The fourth-order valence-electron chi connectivity index (χ4n) is 4.02. The van der Waals surface area contributed by atoms with Gasteiger partial charge in [0.15, 0.2) is 5.82 Å². The second-order valence-electron chi connectivity index (χ2n) is 9.40. The molecule has 2 heterocycles. The van der Waals surface area contributed by atoms with Crippen LogP contribution in [0.15, 0.2) is 47.4 Å². The quantitative estimate of drug-likeness (QED) is 0.513. The topological polar surface area (TPSA) is 89.3 Å². The molecule has 2 aromatic carbocycles. The number of ether oxygens (including phenoxy) is 1. The zero-order valence-corrected chi connectivity index (χ0v) is 21.4. The fourth-order valence-corrected chi connectivity index (χ4v) is 5.26. The van der Waals surface area contributed by atoms with E-state index in [9.17, 15) is 8.42 Å². The summed E-state index contributed by atoms with van der Waals surface area (Å²) in [6, 6.07) is 12.0. The van der Waals surface area contributed by atoms with Crippen molar-refractivity contribution in [1.82, 2.24) is 15.0 Å². The lowest BCUT2D eigenvalue weighted by molar-refractivity contribution is 0.204. The van der Waals surface area contributed by atoms with Crippen LogP contribution in [0.5, 0.6) is 0 Å². The van der Waals surface area contributed by atoms with Gasteiger partial charge in [0.2, 0.25) is 0 Å². The maximum Gasteiger partial charge on any atom is 0.261 e. The number of nitrogens with zero attached hydrogens (tertiary/aromatic N) is 4. The Balaban J connectivity index is 1.68. The first-order valence-corrected chi connectivity index (χ1v) is 13.1. The number of hydrogen-bond donors (Lipinski definition) is 1. The number of fused-ring (bicyclic) bond motifs is 1. The summed E-state index contributed by atoms with van der Waals surface area (Å²) < 4.78 is 36.1. The van der Waals surface area contributed by atoms with Crippen LogP contribution < -0.4 is 9.62 Å². The molecule has 0 spiro atoms. The average molecular weight is 504 g/mol.